The lowest BCUT2D eigenvalue weighted by Gasteiger charge is -2.40. The number of likely N-dealkylation sites (tertiary alicyclic amines) is 1. The van der Waals surface area contributed by atoms with Gasteiger partial charge in [0.15, 0.2) is 5.82 Å². The number of amides is 2. The van der Waals surface area contributed by atoms with Crippen LogP contribution < -0.4 is 15.9 Å². The number of benzene rings is 2. The summed E-state index contributed by atoms with van der Waals surface area (Å²) >= 11 is 0.565. The van der Waals surface area contributed by atoms with Gasteiger partial charge in [0.1, 0.15) is 33.9 Å². The zero-order chi connectivity index (χ0) is 43.3. The second-order valence-electron chi connectivity index (χ2n) is 17.0. The molecule has 0 bridgehead atoms. The van der Waals surface area contributed by atoms with Crippen LogP contribution in [0.5, 0.6) is 0 Å². The number of halogens is 5. The highest BCUT2D eigenvalue weighted by atomic mass is 32.1. The number of anilines is 2. The van der Waals surface area contributed by atoms with E-state index in [-0.39, 0.29) is 45.9 Å². The van der Waals surface area contributed by atoms with Crippen molar-refractivity contribution in [2.24, 2.45) is 0 Å². The van der Waals surface area contributed by atoms with Crippen LogP contribution in [-0.2, 0) is 15.7 Å². The van der Waals surface area contributed by atoms with Crippen LogP contribution in [0.2, 0.25) is 0 Å². The van der Waals surface area contributed by atoms with Gasteiger partial charge in [-0.1, -0.05) is 6.07 Å². The van der Waals surface area contributed by atoms with Gasteiger partial charge in [-0.25, -0.2) is 23.2 Å². The Bertz CT molecular complexity index is 2340. The molecule has 18 heteroatoms. The van der Waals surface area contributed by atoms with Crippen LogP contribution >= 0.6 is 11.3 Å². The number of fused-ring (bicyclic) bond motifs is 2. The first-order valence-corrected chi connectivity index (χ1v) is 19.5. The van der Waals surface area contributed by atoms with E-state index in [2.05, 4.69) is 41.1 Å². The fourth-order valence-electron chi connectivity index (χ4n) is 6.92. The highest BCUT2D eigenvalue weighted by Crippen LogP contribution is 2.48. The molecule has 12 nitrogen and oxygen atoms in total. The Hall–Kier alpha value is -5.02. The Morgan fingerprint density at radius 1 is 1.05 bits per heavy atom. The predicted molar refractivity (Wildman–Crippen MR) is 213 cm³/mol. The summed E-state index contributed by atoms with van der Waals surface area (Å²) in [6.07, 6.45) is -4.05. The number of nitriles is 1. The number of hydrogen-bond acceptors (Lipinski definition) is 10. The molecule has 0 radical (unpaired) electrons. The number of ether oxygens (including phenoxy) is 2. The number of alkyl halides is 3. The third-order valence-corrected chi connectivity index (χ3v) is 11.0. The average molecular weight is 834 g/mol. The minimum Gasteiger partial charge on any atom is -0.444 e. The van der Waals surface area contributed by atoms with Gasteiger partial charge in [-0.15, -0.1) is 11.3 Å². The number of piperazine rings is 1. The van der Waals surface area contributed by atoms with Gasteiger partial charge >= 0.3 is 24.1 Å². The second-order valence-corrected chi connectivity index (χ2v) is 18.1. The van der Waals surface area contributed by atoms with Crippen molar-refractivity contribution in [1.82, 2.24) is 19.8 Å². The van der Waals surface area contributed by atoms with Crippen molar-refractivity contribution < 1.29 is 41.0 Å². The van der Waals surface area contributed by atoms with Crippen LogP contribution in [0.4, 0.5) is 42.4 Å². The minimum atomic E-state index is -5.19. The fraction of sp³-hybridized carbons (Fsp3) is 0.525. The van der Waals surface area contributed by atoms with Crippen LogP contribution in [-0.4, -0.2) is 88.0 Å². The highest BCUT2D eigenvalue weighted by Gasteiger charge is 2.39. The summed E-state index contributed by atoms with van der Waals surface area (Å²) in [4.78, 5) is 49.5. The molecule has 2 fully saturated rings. The standard InChI is InChI=1S/C33H33F5N6O5S.C7H15N/c1-15-14-43(10-11-44(15)30(47)49-32(5,6)7)26-17-12-19(33(36,37)38)22(23(35)24(17)40-28(45)41-26)16-8-9-20(34)25-21(16)18(13-39)27(50-25)42-29(46)48-31(2,3)4;1-7(2)5-4-6-8(7)3/h8-9,12,15H,10-11,14H2,1-7H3,(H,42,46)(H,40,41,45);4-6H2,1-3H3. The Morgan fingerprint density at radius 3 is 2.22 bits per heavy atom. The summed E-state index contributed by atoms with van der Waals surface area (Å²) in [7, 11) is 2.20. The summed E-state index contributed by atoms with van der Waals surface area (Å²) < 4.78 is 86.8. The average Bonchev–Trinajstić information content (AvgIpc) is 3.60. The molecule has 2 aliphatic rings. The summed E-state index contributed by atoms with van der Waals surface area (Å²) in [6.45, 7) is 17.6. The van der Waals surface area contributed by atoms with Crippen molar-refractivity contribution in [3.8, 4) is 17.2 Å². The van der Waals surface area contributed by atoms with E-state index in [0.717, 1.165) is 12.1 Å². The molecule has 2 aliphatic heterocycles. The molecule has 2 saturated heterocycles. The monoisotopic (exact) mass is 833 g/mol. The number of carbonyl (C=O) groups is 2. The molecule has 2 aromatic carbocycles. The third kappa shape index (κ3) is 9.47. The number of nitrogens with one attached hydrogen (secondary N) is 2. The lowest BCUT2D eigenvalue weighted by molar-refractivity contribution is -0.137. The number of aromatic nitrogens is 2. The SMILES string of the molecule is CC1CN(c2nc(=O)[nH]c3c(F)c(-c4ccc(F)c5sc(NC(=O)OC(C)(C)C)c(C#N)c45)c(C(F)(F)F)cc23)CCN1C(=O)OC(C)(C)C.CN1CCCC1(C)C. The minimum absolute atomic E-state index is 0.0297. The van der Waals surface area contributed by atoms with Crippen molar-refractivity contribution in [2.45, 2.75) is 104 Å². The smallest absolute Gasteiger partial charge is 0.417 e. The van der Waals surface area contributed by atoms with Gasteiger partial charge in [-0.2, -0.15) is 23.4 Å². The van der Waals surface area contributed by atoms with Gasteiger partial charge in [-0.3, -0.25) is 5.32 Å². The molecule has 0 saturated carbocycles. The van der Waals surface area contributed by atoms with E-state index in [4.69, 9.17) is 9.47 Å². The molecule has 4 heterocycles. The third-order valence-electron chi connectivity index (χ3n) is 9.91. The lowest BCUT2D eigenvalue weighted by Crippen LogP contribution is -2.55. The maximum Gasteiger partial charge on any atom is 0.417 e. The molecule has 1 atom stereocenters. The number of H-pyrrole nitrogens is 1. The number of nitrogens with zero attached hydrogens (tertiary/aromatic N) is 5. The first-order chi connectivity index (χ1) is 26.7. The first-order valence-electron chi connectivity index (χ1n) is 18.7. The molecule has 58 heavy (non-hydrogen) atoms. The van der Waals surface area contributed by atoms with Gasteiger partial charge in [0, 0.05) is 47.6 Å². The molecule has 1 unspecified atom stereocenters. The van der Waals surface area contributed by atoms with Gasteiger partial charge in [0.05, 0.1) is 21.3 Å². The van der Waals surface area contributed by atoms with E-state index in [1.54, 1.807) is 54.5 Å². The van der Waals surface area contributed by atoms with Crippen LogP contribution in [0, 0.1) is 23.0 Å². The molecule has 0 aliphatic carbocycles. The lowest BCUT2D eigenvalue weighted by atomic mass is 9.92. The van der Waals surface area contributed by atoms with E-state index in [0.29, 0.717) is 22.9 Å². The summed E-state index contributed by atoms with van der Waals surface area (Å²) in [5.74, 6) is -2.67. The quantitative estimate of drug-likeness (QED) is 0.193. The number of hydrogen-bond donors (Lipinski definition) is 2. The number of aromatic amines is 1. The van der Waals surface area contributed by atoms with Crippen LogP contribution in [0.1, 0.15) is 86.3 Å². The first kappa shape index (κ1) is 44.1. The molecule has 6 rings (SSSR count). The van der Waals surface area contributed by atoms with Crippen molar-refractivity contribution in [3.63, 3.8) is 0 Å². The number of carbonyl (C=O) groups excluding carboxylic acids is 2. The molecule has 2 amide bonds. The molecule has 314 valence electrons. The van der Waals surface area contributed by atoms with E-state index < -0.39 is 80.7 Å². The van der Waals surface area contributed by atoms with E-state index in [1.165, 1.54) is 29.2 Å². The highest BCUT2D eigenvalue weighted by molar-refractivity contribution is 7.23. The Balaban J connectivity index is 0.000000714. The second kappa shape index (κ2) is 16.0. The normalized spacial score (nSPS) is 17.5. The molecule has 4 aromatic rings. The molecule has 0 spiro atoms. The predicted octanol–water partition coefficient (Wildman–Crippen LogP) is 9.26. The molecular weight excluding hydrogens is 786 g/mol. The van der Waals surface area contributed by atoms with Crippen molar-refractivity contribution in [2.75, 3.05) is 43.4 Å². The zero-order valence-corrected chi connectivity index (χ0v) is 34.9. The largest absolute Gasteiger partial charge is 0.444 e. The van der Waals surface area contributed by atoms with E-state index in [1.807, 2.05) is 0 Å². The van der Waals surface area contributed by atoms with Crippen molar-refractivity contribution in [3.05, 3.63) is 51.4 Å². The van der Waals surface area contributed by atoms with Crippen molar-refractivity contribution in [1.29, 1.82) is 5.26 Å². The summed E-state index contributed by atoms with van der Waals surface area (Å²) in [5.41, 5.74) is -6.36. The fourth-order valence-corrected chi connectivity index (χ4v) is 7.99. The topological polar surface area (TPSA) is 144 Å². The maximum atomic E-state index is 16.7. The Kier molecular flexibility index (Phi) is 12.1. The Morgan fingerprint density at radius 2 is 1.71 bits per heavy atom. The van der Waals surface area contributed by atoms with Crippen LogP contribution in [0.25, 0.3) is 32.1 Å². The van der Waals surface area contributed by atoms with Gasteiger partial charge < -0.3 is 29.2 Å². The number of thiophene rings is 1. The van der Waals surface area contributed by atoms with Crippen LogP contribution in [0.3, 0.4) is 0 Å². The summed E-state index contributed by atoms with van der Waals surface area (Å²) in [5, 5.41) is 11.4. The van der Waals surface area contributed by atoms with Crippen LogP contribution in [0.15, 0.2) is 23.0 Å². The van der Waals surface area contributed by atoms with Gasteiger partial charge in [0.2, 0.25) is 0 Å². The molecule has 2 N–H and O–H groups in total. The number of rotatable bonds is 3. The maximum absolute atomic E-state index is 16.7. The van der Waals surface area contributed by atoms with Gasteiger partial charge in [0.25, 0.3) is 0 Å². The Labute approximate surface area is 336 Å². The zero-order valence-electron chi connectivity index (χ0n) is 34.1. The van der Waals surface area contributed by atoms with Crippen molar-refractivity contribution >= 4 is 55.3 Å². The van der Waals surface area contributed by atoms with E-state index in [9.17, 15) is 32.8 Å². The summed E-state index contributed by atoms with van der Waals surface area (Å²) in [6, 6.07) is 3.63. The molecule has 2 aromatic heterocycles. The van der Waals surface area contributed by atoms with E-state index >= 15 is 8.78 Å². The van der Waals surface area contributed by atoms with Gasteiger partial charge in [-0.05, 0) is 106 Å². The molecular formula is C40H48F5N7O5S.